The first-order valence-corrected chi connectivity index (χ1v) is 9.29. The molecule has 0 unspecified atom stereocenters. The van der Waals surface area contributed by atoms with Crippen LogP contribution in [-0.4, -0.2) is 27.3 Å². The quantitative estimate of drug-likeness (QED) is 0.607. The SMILES string of the molecule is Cc1nn(CCC(=O)Nc2nc3ccc(OC(F)F)cc3s2)c(C)c1Br. The van der Waals surface area contributed by atoms with E-state index in [0.29, 0.717) is 21.9 Å². The van der Waals surface area contributed by atoms with Gasteiger partial charge in [-0.1, -0.05) is 11.3 Å². The van der Waals surface area contributed by atoms with Gasteiger partial charge in [-0.2, -0.15) is 13.9 Å². The minimum Gasteiger partial charge on any atom is -0.435 e. The molecule has 0 saturated heterocycles. The lowest BCUT2D eigenvalue weighted by atomic mass is 10.3. The number of carbonyl (C=O) groups is 1. The molecule has 0 spiro atoms. The molecule has 1 aromatic carbocycles. The molecule has 2 heterocycles. The zero-order valence-electron chi connectivity index (χ0n) is 13.9. The number of rotatable bonds is 6. The molecule has 3 aromatic rings. The van der Waals surface area contributed by atoms with Crippen LogP contribution in [0.5, 0.6) is 5.75 Å². The van der Waals surface area contributed by atoms with Gasteiger partial charge in [-0.25, -0.2) is 4.98 Å². The first kappa shape index (κ1) is 18.7. The molecule has 2 aromatic heterocycles. The van der Waals surface area contributed by atoms with Crippen molar-refractivity contribution in [1.29, 1.82) is 0 Å². The maximum atomic E-state index is 12.3. The molecule has 1 amide bonds. The van der Waals surface area contributed by atoms with Gasteiger partial charge in [0, 0.05) is 12.1 Å². The van der Waals surface area contributed by atoms with Crippen molar-refractivity contribution < 1.29 is 18.3 Å². The number of alkyl halides is 2. The minimum atomic E-state index is -2.88. The van der Waals surface area contributed by atoms with Crippen molar-refractivity contribution in [3.63, 3.8) is 0 Å². The summed E-state index contributed by atoms with van der Waals surface area (Å²) in [5, 5.41) is 7.50. The fourth-order valence-corrected chi connectivity index (χ4v) is 3.61. The lowest BCUT2D eigenvalue weighted by Gasteiger charge is -2.04. The lowest BCUT2D eigenvalue weighted by molar-refractivity contribution is -0.116. The fraction of sp³-hybridized carbons (Fsp3) is 0.312. The number of nitrogens with zero attached hydrogens (tertiary/aromatic N) is 3. The number of fused-ring (bicyclic) bond motifs is 1. The van der Waals surface area contributed by atoms with Crippen LogP contribution >= 0.6 is 27.3 Å². The van der Waals surface area contributed by atoms with Gasteiger partial charge >= 0.3 is 6.61 Å². The van der Waals surface area contributed by atoms with Crippen LogP contribution in [0.2, 0.25) is 0 Å². The van der Waals surface area contributed by atoms with Crippen LogP contribution in [0.1, 0.15) is 17.8 Å². The van der Waals surface area contributed by atoms with Gasteiger partial charge in [0.2, 0.25) is 5.91 Å². The molecule has 0 aliphatic heterocycles. The minimum absolute atomic E-state index is 0.0594. The Morgan fingerprint density at radius 2 is 2.19 bits per heavy atom. The van der Waals surface area contributed by atoms with E-state index in [2.05, 4.69) is 36.1 Å². The van der Waals surface area contributed by atoms with Gasteiger partial charge < -0.3 is 10.1 Å². The van der Waals surface area contributed by atoms with Gasteiger partial charge in [-0.3, -0.25) is 9.48 Å². The monoisotopic (exact) mass is 444 g/mol. The van der Waals surface area contributed by atoms with Crippen molar-refractivity contribution in [2.75, 3.05) is 5.32 Å². The highest BCUT2D eigenvalue weighted by Crippen LogP contribution is 2.30. The third kappa shape index (κ3) is 4.18. The van der Waals surface area contributed by atoms with Crippen molar-refractivity contribution in [1.82, 2.24) is 14.8 Å². The van der Waals surface area contributed by atoms with E-state index in [0.717, 1.165) is 15.9 Å². The average molecular weight is 445 g/mol. The number of aryl methyl sites for hydroxylation is 2. The van der Waals surface area contributed by atoms with Gasteiger partial charge in [-0.05, 0) is 48.0 Å². The van der Waals surface area contributed by atoms with Crippen LogP contribution in [-0.2, 0) is 11.3 Å². The second-order valence-electron chi connectivity index (χ2n) is 5.53. The van der Waals surface area contributed by atoms with E-state index >= 15 is 0 Å². The molecule has 0 fully saturated rings. The molecule has 3 rings (SSSR count). The predicted octanol–water partition coefficient (Wildman–Crippen LogP) is 4.50. The Balaban J connectivity index is 1.64. The van der Waals surface area contributed by atoms with E-state index in [4.69, 9.17) is 0 Å². The number of nitrogens with one attached hydrogen (secondary N) is 1. The fourth-order valence-electron chi connectivity index (χ4n) is 2.42. The van der Waals surface area contributed by atoms with E-state index in [-0.39, 0.29) is 18.1 Å². The number of benzene rings is 1. The Kier molecular flexibility index (Phi) is 5.52. The van der Waals surface area contributed by atoms with Gasteiger partial charge in [0.05, 0.1) is 26.9 Å². The number of hydrogen-bond donors (Lipinski definition) is 1. The summed E-state index contributed by atoms with van der Waals surface area (Å²) in [4.78, 5) is 16.4. The largest absolute Gasteiger partial charge is 0.435 e. The molecular formula is C16H15BrF2N4O2S. The van der Waals surface area contributed by atoms with Gasteiger partial charge in [0.1, 0.15) is 5.75 Å². The highest BCUT2D eigenvalue weighted by molar-refractivity contribution is 9.10. The van der Waals surface area contributed by atoms with Crippen molar-refractivity contribution >= 4 is 48.5 Å². The summed E-state index contributed by atoms with van der Waals surface area (Å²) in [6.45, 7) is 1.38. The van der Waals surface area contributed by atoms with E-state index in [1.165, 1.54) is 23.5 Å². The summed E-state index contributed by atoms with van der Waals surface area (Å²) in [7, 11) is 0. The molecule has 6 nitrogen and oxygen atoms in total. The summed E-state index contributed by atoms with van der Waals surface area (Å²) in [6.07, 6.45) is 0.240. The average Bonchev–Trinajstić information content (AvgIpc) is 3.07. The Hall–Kier alpha value is -2.07. The van der Waals surface area contributed by atoms with Crippen molar-refractivity contribution in [2.45, 2.75) is 33.4 Å². The molecule has 0 saturated carbocycles. The van der Waals surface area contributed by atoms with E-state index in [1.54, 1.807) is 10.7 Å². The predicted molar refractivity (Wildman–Crippen MR) is 98.9 cm³/mol. The van der Waals surface area contributed by atoms with Crippen LogP contribution in [0.15, 0.2) is 22.7 Å². The molecular weight excluding hydrogens is 430 g/mol. The third-order valence-corrected chi connectivity index (χ3v) is 5.76. The second kappa shape index (κ2) is 7.67. The standard InChI is InChI=1S/C16H15BrF2N4O2S/c1-8-14(17)9(2)23(22-8)6-5-13(24)21-16-20-11-4-3-10(25-15(18)19)7-12(11)26-16/h3-4,7,15H,5-6H2,1-2H3,(H,20,21,24). The lowest BCUT2D eigenvalue weighted by Crippen LogP contribution is -2.15. The molecule has 138 valence electrons. The van der Waals surface area contributed by atoms with Gasteiger partial charge in [-0.15, -0.1) is 0 Å². The molecule has 0 bridgehead atoms. The maximum absolute atomic E-state index is 12.3. The van der Waals surface area contributed by atoms with Crippen molar-refractivity contribution in [2.24, 2.45) is 0 Å². The number of carbonyl (C=O) groups excluding carboxylic acids is 1. The molecule has 10 heteroatoms. The summed E-state index contributed by atoms with van der Waals surface area (Å²) in [5.41, 5.74) is 2.44. The summed E-state index contributed by atoms with van der Waals surface area (Å²) >= 11 is 4.65. The molecule has 0 aliphatic rings. The van der Waals surface area contributed by atoms with Crippen molar-refractivity contribution in [3.8, 4) is 5.75 Å². The van der Waals surface area contributed by atoms with Crippen LogP contribution < -0.4 is 10.1 Å². The number of anilines is 1. The zero-order chi connectivity index (χ0) is 18.8. The van der Waals surface area contributed by atoms with E-state index < -0.39 is 6.61 Å². The maximum Gasteiger partial charge on any atom is 0.387 e. The number of aromatic nitrogens is 3. The summed E-state index contributed by atoms with van der Waals surface area (Å²) in [5.74, 6) is -0.138. The number of ether oxygens (including phenoxy) is 1. The van der Waals surface area contributed by atoms with Gasteiger partial charge in [0.15, 0.2) is 5.13 Å². The first-order valence-electron chi connectivity index (χ1n) is 7.68. The molecule has 1 N–H and O–H groups in total. The molecule has 0 aliphatic carbocycles. The summed E-state index contributed by atoms with van der Waals surface area (Å²) in [6, 6.07) is 4.47. The Morgan fingerprint density at radius 1 is 1.42 bits per heavy atom. The van der Waals surface area contributed by atoms with Gasteiger partial charge in [0.25, 0.3) is 0 Å². The van der Waals surface area contributed by atoms with E-state index in [9.17, 15) is 13.6 Å². The number of hydrogen-bond acceptors (Lipinski definition) is 5. The molecule has 0 atom stereocenters. The Labute approximate surface area is 160 Å². The van der Waals surface area contributed by atoms with Crippen molar-refractivity contribution in [3.05, 3.63) is 34.1 Å². The number of halogens is 3. The van der Waals surface area contributed by atoms with Crippen LogP contribution in [0, 0.1) is 13.8 Å². The Bertz CT molecular complexity index is 957. The summed E-state index contributed by atoms with van der Waals surface area (Å²) < 4.78 is 32.3. The molecule has 26 heavy (non-hydrogen) atoms. The third-order valence-electron chi connectivity index (χ3n) is 3.68. The van der Waals surface area contributed by atoms with Crippen LogP contribution in [0.25, 0.3) is 10.2 Å². The van der Waals surface area contributed by atoms with Crippen LogP contribution in [0.4, 0.5) is 13.9 Å². The zero-order valence-corrected chi connectivity index (χ0v) is 16.3. The highest BCUT2D eigenvalue weighted by atomic mass is 79.9. The smallest absolute Gasteiger partial charge is 0.387 e. The highest BCUT2D eigenvalue weighted by Gasteiger charge is 2.13. The van der Waals surface area contributed by atoms with Crippen LogP contribution in [0.3, 0.4) is 0 Å². The number of thiazole rings is 1. The Morgan fingerprint density at radius 3 is 2.85 bits per heavy atom. The van der Waals surface area contributed by atoms with E-state index in [1.807, 2.05) is 13.8 Å². The first-order chi connectivity index (χ1) is 12.3. The topological polar surface area (TPSA) is 69.0 Å². The molecule has 0 radical (unpaired) electrons. The normalized spacial score (nSPS) is 11.3. The number of amides is 1. The second-order valence-corrected chi connectivity index (χ2v) is 7.36.